The van der Waals surface area contributed by atoms with Gasteiger partial charge in [-0.1, -0.05) is 13.8 Å². The molecule has 0 spiro atoms. The van der Waals surface area contributed by atoms with Crippen molar-refractivity contribution in [1.29, 1.82) is 0 Å². The van der Waals surface area contributed by atoms with Gasteiger partial charge in [0.1, 0.15) is 5.82 Å². The van der Waals surface area contributed by atoms with Crippen LogP contribution in [0.2, 0.25) is 0 Å². The Morgan fingerprint density at radius 3 is 2.74 bits per heavy atom. The van der Waals surface area contributed by atoms with Crippen molar-refractivity contribution in [3.05, 3.63) is 11.6 Å². The summed E-state index contributed by atoms with van der Waals surface area (Å²) in [6, 6.07) is 0.315. The molecule has 2 aliphatic heterocycles. The van der Waals surface area contributed by atoms with Crippen LogP contribution < -0.4 is 10.6 Å². The predicted octanol–water partition coefficient (Wildman–Crippen LogP) is 0.992. The lowest BCUT2D eigenvalue weighted by Crippen LogP contribution is -2.58. The highest BCUT2D eigenvalue weighted by Gasteiger charge is 2.35. The van der Waals surface area contributed by atoms with Gasteiger partial charge in [-0.05, 0) is 33.4 Å². The predicted molar refractivity (Wildman–Crippen MR) is 107 cm³/mol. The molecule has 8 nitrogen and oxygen atoms in total. The molecule has 8 heteroatoms. The van der Waals surface area contributed by atoms with Crippen molar-refractivity contribution < 1.29 is 4.74 Å². The summed E-state index contributed by atoms with van der Waals surface area (Å²) < 4.78 is 7.62. The molecule has 0 radical (unpaired) electrons. The Kier molecular flexibility index (Phi) is 6.37. The highest BCUT2D eigenvalue weighted by molar-refractivity contribution is 5.80. The Labute approximate surface area is 162 Å². The summed E-state index contributed by atoms with van der Waals surface area (Å²) in [5.41, 5.74) is 0.119. The smallest absolute Gasteiger partial charge is 0.191 e. The maximum Gasteiger partial charge on any atom is 0.191 e. The van der Waals surface area contributed by atoms with E-state index in [2.05, 4.69) is 63.2 Å². The fraction of sp³-hybridized carbons (Fsp3) is 0.842. The summed E-state index contributed by atoms with van der Waals surface area (Å²) in [5.74, 6) is 3.28. The van der Waals surface area contributed by atoms with Gasteiger partial charge in [-0.2, -0.15) is 5.10 Å². The normalized spacial score (nSPS) is 22.8. The average Bonchev–Trinajstić information content (AvgIpc) is 3.09. The van der Waals surface area contributed by atoms with Crippen LogP contribution in [0.25, 0.3) is 0 Å². The number of rotatable bonds is 5. The minimum absolute atomic E-state index is 0.119. The molecular formula is C19H35N7O. The second-order valence-corrected chi connectivity index (χ2v) is 8.26. The first-order valence-electron chi connectivity index (χ1n) is 10.1. The summed E-state index contributed by atoms with van der Waals surface area (Å²) >= 11 is 0. The monoisotopic (exact) mass is 377 g/mol. The molecule has 1 unspecified atom stereocenters. The topological polar surface area (TPSA) is 79.6 Å². The molecular weight excluding hydrogens is 342 g/mol. The maximum absolute atomic E-state index is 5.57. The second kappa shape index (κ2) is 8.56. The fourth-order valence-electron chi connectivity index (χ4n) is 3.86. The zero-order chi connectivity index (χ0) is 19.4. The van der Waals surface area contributed by atoms with Crippen LogP contribution in [0.4, 0.5) is 0 Å². The SMILES string of the molecule is CN=C(NCC1(N(C)C)CCOCC1)NC1CCc2nc(C(C)C)nn2C1. The number of fused-ring (bicyclic) bond motifs is 1. The van der Waals surface area contributed by atoms with E-state index in [1.54, 1.807) is 0 Å². The Bertz CT molecular complexity index is 646. The molecule has 0 aliphatic carbocycles. The largest absolute Gasteiger partial charge is 0.381 e. The van der Waals surface area contributed by atoms with E-state index < -0.39 is 0 Å². The Morgan fingerprint density at radius 1 is 1.37 bits per heavy atom. The van der Waals surface area contributed by atoms with E-state index >= 15 is 0 Å². The number of nitrogens with one attached hydrogen (secondary N) is 2. The molecule has 0 aromatic carbocycles. The lowest BCUT2D eigenvalue weighted by molar-refractivity contribution is -0.00503. The minimum atomic E-state index is 0.119. The Morgan fingerprint density at radius 2 is 2.11 bits per heavy atom. The van der Waals surface area contributed by atoms with E-state index in [0.29, 0.717) is 12.0 Å². The molecule has 1 saturated heterocycles. The first-order chi connectivity index (χ1) is 12.9. The molecule has 1 fully saturated rings. The van der Waals surface area contributed by atoms with Gasteiger partial charge in [0, 0.05) is 50.7 Å². The molecule has 27 heavy (non-hydrogen) atoms. The maximum atomic E-state index is 5.57. The Hall–Kier alpha value is -1.67. The van der Waals surface area contributed by atoms with E-state index in [1.807, 2.05) is 7.05 Å². The molecule has 3 heterocycles. The first kappa shape index (κ1) is 20.1. The van der Waals surface area contributed by atoms with Gasteiger partial charge in [-0.25, -0.2) is 9.67 Å². The van der Waals surface area contributed by atoms with Gasteiger partial charge in [-0.3, -0.25) is 4.99 Å². The third kappa shape index (κ3) is 4.60. The van der Waals surface area contributed by atoms with Crippen LogP contribution in [-0.4, -0.2) is 78.1 Å². The lowest BCUT2D eigenvalue weighted by Gasteiger charge is -2.43. The quantitative estimate of drug-likeness (QED) is 0.589. The second-order valence-electron chi connectivity index (χ2n) is 8.26. The van der Waals surface area contributed by atoms with Crippen molar-refractivity contribution in [1.82, 2.24) is 30.3 Å². The number of nitrogens with zero attached hydrogens (tertiary/aromatic N) is 5. The molecule has 1 atom stereocenters. The van der Waals surface area contributed by atoms with Crippen molar-refractivity contribution in [3.63, 3.8) is 0 Å². The molecule has 0 saturated carbocycles. The number of aliphatic imine (C=N–C) groups is 1. The van der Waals surface area contributed by atoms with Gasteiger partial charge < -0.3 is 20.3 Å². The van der Waals surface area contributed by atoms with Crippen LogP contribution >= 0.6 is 0 Å². The zero-order valence-corrected chi connectivity index (χ0v) is 17.5. The third-order valence-corrected chi connectivity index (χ3v) is 5.91. The average molecular weight is 378 g/mol. The van der Waals surface area contributed by atoms with Crippen molar-refractivity contribution in [3.8, 4) is 0 Å². The van der Waals surface area contributed by atoms with Crippen LogP contribution in [0, 0.1) is 0 Å². The highest BCUT2D eigenvalue weighted by atomic mass is 16.5. The van der Waals surface area contributed by atoms with Crippen LogP contribution in [0.1, 0.15) is 50.7 Å². The van der Waals surface area contributed by atoms with E-state index in [9.17, 15) is 0 Å². The van der Waals surface area contributed by atoms with Crippen molar-refractivity contribution in [2.75, 3.05) is 40.9 Å². The van der Waals surface area contributed by atoms with Crippen LogP contribution in [0.3, 0.4) is 0 Å². The van der Waals surface area contributed by atoms with Gasteiger partial charge in [0.25, 0.3) is 0 Å². The van der Waals surface area contributed by atoms with E-state index in [-0.39, 0.29) is 5.54 Å². The molecule has 2 N–H and O–H groups in total. The number of aryl methyl sites for hydroxylation is 1. The molecule has 0 amide bonds. The lowest BCUT2D eigenvalue weighted by atomic mass is 9.88. The summed E-state index contributed by atoms with van der Waals surface area (Å²) in [4.78, 5) is 11.4. The Balaban J connectivity index is 1.57. The summed E-state index contributed by atoms with van der Waals surface area (Å²) in [7, 11) is 6.15. The van der Waals surface area contributed by atoms with Gasteiger partial charge in [0.15, 0.2) is 11.8 Å². The number of aromatic nitrogens is 3. The fourth-order valence-corrected chi connectivity index (χ4v) is 3.86. The molecule has 1 aromatic rings. The first-order valence-corrected chi connectivity index (χ1v) is 10.1. The third-order valence-electron chi connectivity index (χ3n) is 5.91. The number of hydrogen-bond acceptors (Lipinski definition) is 5. The molecule has 152 valence electrons. The standard InChI is InChI=1S/C19H35N7O/c1-14(2)17-23-16-7-6-15(12-26(16)24-17)22-18(20-3)21-13-19(25(4)5)8-10-27-11-9-19/h14-15H,6-13H2,1-5H3,(H2,20,21,22). The number of guanidine groups is 1. The minimum Gasteiger partial charge on any atom is -0.381 e. The van der Waals surface area contributed by atoms with Gasteiger partial charge in [0.2, 0.25) is 0 Å². The summed E-state index contributed by atoms with van der Waals surface area (Å²) in [6.45, 7) is 7.62. The van der Waals surface area contributed by atoms with Gasteiger partial charge in [0.05, 0.1) is 6.54 Å². The molecule has 1 aromatic heterocycles. The summed E-state index contributed by atoms with van der Waals surface area (Å²) in [5, 5.41) is 11.8. The number of hydrogen-bond donors (Lipinski definition) is 2. The number of likely N-dealkylation sites (N-methyl/N-ethyl adjacent to an activating group) is 1. The van der Waals surface area contributed by atoms with E-state index in [0.717, 1.165) is 69.6 Å². The molecule has 2 aliphatic rings. The van der Waals surface area contributed by atoms with Crippen molar-refractivity contribution in [2.24, 2.45) is 4.99 Å². The van der Waals surface area contributed by atoms with Crippen molar-refractivity contribution in [2.45, 2.75) is 63.6 Å². The van der Waals surface area contributed by atoms with Gasteiger partial charge in [-0.15, -0.1) is 0 Å². The van der Waals surface area contributed by atoms with Gasteiger partial charge >= 0.3 is 0 Å². The van der Waals surface area contributed by atoms with Crippen LogP contribution in [0.5, 0.6) is 0 Å². The highest BCUT2D eigenvalue weighted by Crippen LogP contribution is 2.25. The zero-order valence-electron chi connectivity index (χ0n) is 17.5. The van der Waals surface area contributed by atoms with Crippen molar-refractivity contribution >= 4 is 5.96 Å². The summed E-state index contributed by atoms with van der Waals surface area (Å²) in [6.07, 6.45) is 4.07. The van der Waals surface area contributed by atoms with E-state index in [1.165, 1.54) is 0 Å². The van der Waals surface area contributed by atoms with Crippen LogP contribution in [0.15, 0.2) is 4.99 Å². The number of ether oxygens (including phenoxy) is 1. The van der Waals surface area contributed by atoms with Crippen LogP contribution in [-0.2, 0) is 17.7 Å². The van der Waals surface area contributed by atoms with E-state index in [4.69, 9.17) is 4.74 Å². The molecule has 0 bridgehead atoms. The molecule has 3 rings (SSSR count).